The molecule has 110 valence electrons. The Labute approximate surface area is 134 Å². The normalized spacial score (nSPS) is 10.9. The molecule has 0 aliphatic carbocycles. The zero-order valence-electron chi connectivity index (χ0n) is 12.5. The van der Waals surface area contributed by atoms with Crippen LogP contribution in [-0.2, 0) is 6.54 Å². The topological polar surface area (TPSA) is 20.3 Å². The van der Waals surface area contributed by atoms with E-state index in [4.69, 9.17) is 0 Å². The average Bonchev–Trinajstić information content (AvgIpc) is 2.45. The second kappa shape index (κ2) is 7.53. The Bertz CT molecular complexity index is 607. The first kappa shape index (κ1) is 15.9. The Kier molecular flexibility index (Phi) is 5.71. The lowest BCUT2D eigenvalue weighted by atomic mass is 10.1. The molecule has 0 aromatic heterocycles. The Balaban J connectivity index is 1.84. The third-order valence-electron chi connectivity index (χ3n) is 3.42. The van der Waals surface area contributed by atoms with E-state index in [-0.39, 0.29) is 5.78 Å². The van der Waals surface area contributed by atoms with Crippen molar-refractivity contribution in [1.82, 2.24) is 4.90 Å². The number of benzene rings is 2. The van der Waals surface area contributed by atoms with Crippen molar-refractivity contribution >= 4 is 21.7 Å². The minimum Gasteiger partial charge on any atom is -0.302 e. The van der Waals surface area contributed by atoms with Gasteiger partial charge >= 0.3 is 0 Å². The summed E-state index contributed by atoms with van der Waals surface area (Å²) >= 11 is 3.38. The number of aryl methyl sites for hydroxylation is 1. The monoisotopic (exact) mass is 345 g/mol. The van der Waals surface area contributed by atoms with Crippen LogP contribution in [0.1, 0.15) is 27.9 Å². The van der Waals surface area contributed by atoms with Gasteiger partial charge in [-0.05, 0) is 31.7 Å². The van der Waals surface area contributed by atoms with Crippen LogP contribution in [0.25, 0.3) is 0 Å². The number of carbonyl (C=O) groups is 1. The van der Waals surface area contributed by atoms with Gasteiger partial charge in [0.15, 0.2) is 5.78 Å². The maximum atomic E-state index is 12.1. The molecule has 0 fully saturated rings. The lowest BCUT2D eigenvalue weighted by Crippen LogP contribution is -2.21. The van der Waals surface area contributed by atoms with Crippen LogP contribution in [-0.4, -0.2) is 24.3 Å². The van der Waals surface area contributed by atoms with E-state index in [1.807, 2.05) is 24.3 Å². The molecule has 21 heavy (non-hydrogen) atoms. The third-order valence-corrected chi connectivity index (χ3v) is 3.95. The summed E-state index contributed by atoms with van der Waals surface area (Å²) in [6.45, 7) is 3.73. The highest BCUT2D eigenvalue weighted by atomic mass is 79.9. The van der Waals surface area contributed by atoms with E-state index >= 15 is 0 Å². The number of carbonyl (C=O) groups excluding carboxylic acids is 1. The molecule has 0 amide bonds. The SMILES string of the molecule is Cc1cccc(CN(C)CCC(=O)c2ccc(Br)cc2)c1. The summed E-state index contributed by atoms with van der Waals surface area (Å²) in [5.41, 5.74) is 3.34. The molecule has 0 saturated carbocycles. The van der Waals surface area contributed by atoms with Gasteiger partial charge in [0.2, 0.25) is 0 Å². The molecule has 0 aliphatic rings. The number of hydrogen-bond donors (Lipinski definition) is 0. The van der Waals surface area contributed by atoms with Crippen LogP contribution in [0, 0.1) is 6.92 Å². The number of Topliss-reactive ketones (excluding diaryl/α,β-unsaturated/α-hetero) is 1. The highest BCUT2D eigenvalue weighted by Crippen LogP contribution is 2.12. The van der Waals surface area contributed by atoms with Crippen LogP contribution in [0.3, 0.4) is 0 Å². The van der Waals surface area contributed by atoms with Crippen molar-refractivity contribution in [3.8, 4) is 0 Å². The number of ketones is 1. The van der Waals surface area contributed by atoms with Crippen molar-refractivity contribution in [1.29, 1.82) is 0 Å². The maximum absolute atomic E-state index is 12.1. The molecule has 0 saturated heterocycles. The second-order valence-electron chi connectivity index (χ2n) is 5.41. The lowest BCUT2D eigenvalue weighted by molar-refractivity contribution is 0.0968. The fourth-order valence-electron chi connectivity index (χ4n) is 2.27. The molecule has 0 spiro atoms. The summed E-state index contributed by atoms with van der Waals surface area (Å²) in [7, 11) is 2.05. The summed E-state index contributed by atoms with van der Waals surface area (Å²) in [4.78, 5) is 14.3. The molecule has 0 bridgehead atoms. The molecule has 0 N–H and O–H groups in total. The van der Waals surface area contributed by atoms with Gasteiger partial charge in [0.1, 0.15) is 0 Å². The minimum absolute atomic E-state index is 0.193. The van der Waals surface area contributed by atoms with Crippen LogP contribution in [0.2, 0.25) is 0 Å². The Hall–Kier alpha value is -1.45. The Morgan fingerprint density at radius 3 is 2.52 bits per heavy atom. The van der Waals surface area contributed by atoms with Crippen LogP contribution >= 0.6 is 15.9 Å². The Morgan fingerprint density at radius 2 is 1.86 bits per heavy atom. The summed E-state index contributed by atoms with van der Waals surface area (Å²) in [5, 5.41) is 0. The second-order valence-corrected chi connectivity index (χ2v) is 6.32. The van der Waals surface area contributed by atoms with E-state index in [2.05, 4.69) is 59.1 Å². The van der Waals surface area contributed by atoms with Crippen molar-refractivity contribution in [2.24, 2.45) is 0 Å². The van der Waals surface area contributed by atoms with Crippen molar-refractivity contribution in [2.45, 2.75) is 19.9 Å². The summed E-state index contributed by atoms with van der Waals surface area (Å²) in [6, 6.07) is 16.0. The zero-order valence-corrected chi connectivity index (χ0v) is 14.1. The van der Waals surface area contributed by atoms with Crippen molar-refractivity contribution in [3.63, 3.8) is 0 Å². The molecule has 0 heterocycles. The summed E-state index contributed by atoms with van der Waals surface area (Å²) < 4.78 is 0.996. The van der Waals surface area contributed by atoms with Gasteiger partial charge in [0.05, 0.1) is 0 Å². The first-order valence-electron chi connectivity index (χ1n) is 7.07. The van der Waals surface area contributed by atoms with Crippen LogP contribution < -0.4 is 0 Å². The fraction of sp³-hybridized carbons (Fsp3) is 0.278. The highest BCUT2D eigenvalue weighted by Gasteiger charge is 2.08. The van der Waals surface area contributed by atoms with E-state index in [0.29, 0.717) is 6.42 Å². The molecular weight excluding hydrogens is 326 g/mol. The molecule has 2 nitrogen and oxygen atoms in total. The van der Waals surface area contributed by atoms with Crippen molar-refractivity contribution < 1.29 is 4.79 Å². The molecule has 0 unspecified atom stereocenters. The minimum atomic E-state index is 0.193. The van der Waals surface area contributed by atoms with E-state index < -0.39 is 0 Å². The van der Waals surface area contributed by atoms with Crippen LogP contribution in [0.15, 0.2) is 53.0 Å². The third kappa shape index (κ3) is 5.10. The van der Waals surface area contributed by atoms with Crippen molar-refractivity contribution in [3.05, 3.63) is 69.7 Å². The fourth-order valence-corrected chi connectivity index (χ4v) is 2.54. The van der Waals surface area contributed by atoms with E-state index in [0.717, 1.165) is 23.1 Å². The number of halogens is 1. The van der Waals surface area contributed by atoms with Gasteiger partial charge < -0.3 is 4.90 Å². The number of rotatable bonds is 6. The average molecular weight is 346 g/mol. The lowest BCUT2D eigenvalue weighted by Gasteiger charge is -2.16. The number of nitrogens with zero attached hydrogens (tertiary/aromatic N) is 1. The molecule has 2 aromatic rings. The number of hydrogen-bond acceptors (Lipinski definition) is 2. The summed E-state index contributed by atoms with van der Waals surface area (Å²) in [6.07, 6.45) is 0.546. The van der Waals surface area contributed by atoms with Gasteiger partial charge in [-0.3, -0.25) is 4.79 Å². The molecule has 2 rings (SSSR count). The van der Waals surface area contributed by atoms with Gasteiger partial charge in [-0.2, -0.15) is 0 Å². The predicted molar refractivity (Wildman–Crippen MR) is 90.6 cm³/mol. The largest absolute Gasteiger partial charge is 0.302 e. The quantitative estimate of drug-likeness (QED) is 0.720. The van der Waals surface area contributed by atoms with Gasteiger partial charge in [0.25, 0.3) is 0 Å². The molecule has 2 aromatic carbocycles. The predicted octanol–water partition coefficient (Wildman–Crippen LogP) is 4.46. The first-order valence-corrected chi connectivity index (χ1v) is 7.87. The highest BCUT2D eigenvalue weighted by molar-refractivity contribution is 9.10. The maximum Gasteiger partial charge on any atom is 0.164 e. The van der Waals surface area contributed by atoms with Gasteiger partial charge in [-0.1, -0.05) is 57.9 Å². The van der Waals surface area contributed by atoms with Gasteiger partial charge in [-0.15, -0.1) is 0 Å². The molecule has 0 radical (unpaired) electrons. The van der Waals surface area contributed by atoms with Gasteiger partial charge in [-0.25, -0.2) is 0 Å². The summed E-state index contributed by atoms with van der Waals surface area (Å²) in [5.74, 6) is 0.193. The van der Waals surface area contributed by atoms with E-state index in [9.17, 15) is 4.79 Å². The Morgan fingerprint density at radius 1 is 1.14 bits per heavy atom. The molecule has 0 atom stereocenters. The molecule has 3 heteroatoms. The van der Waals surface area contributed by atoms with Crippen LogP contribution in [0.5, 0.6) is 0 Å². The first-order chi connectivity index (χ1) is 10.0. The van der Waals surface area contributed by atoms with E-state index in [1.54, 1.807) is 0 Å². The molecular formula is C18H20BrNO. The smallest absolute Gasteiger partial charge is 0.164 e. The van der Waals surface area contributed by atoms with E-state index in [1.165, 1.54) is 11.1 Å². The molecule has 0 aliphatic heterocycles. The van der Waals surface area contributed by atoms with Crippen molar-refractivity contribution in [2.75, 3.05) is 13.6 Å². The zero-order chi connectivity index (χ0) is 15.2. The van der Waals surface area contributed by atoms with Gasteiger partial charge in [0, 0.05) is 29.5 Å². The standard InChI is InChI=1S/C18H20BrNO/c1-14-4-3-5-15(12-14)13-20(2)11-10-18(21)16-6-8-17(19)9-7-16/h3-9,12H,10-11,13H2,1-2H3. The van der Waals surface area contributed by atoms with Crippen LogP contribution in [0.4, 0.5) is 0 Å².